The van der Waals surface area contributed by atoms with Crippen molar-refractivity contribution in [3.8, 4) is 0 Å². The molecule has 0 fully saturated rings. The van der Waals surface area contributed by atoms with E-state index in [4.69, 9.17) is 0 Å². The number of hydrogen-bond acceptors (Lipinski definition) is 2. The van der Waals surface area contributed by atoms with E-state index in [1.807, 2.05) is 6.07 Å². The van der Waals surface area contributed by atoms with Gasteiger partial charge in [-0.15, -0.1) is 0 Å². The van der Waals surface area contributed by atoms with E-state index in [0.29, 0.717) is 6.04 Å². The summed E-state index contributed by atoms with van der Waals surface area (Å²) in [5.74, 6) is 0. The Labute approximate surface area is 85.4 Å². The largest absolute Gasteiger partial charge is 0.293 e. The van der Waals surface area contributed by atoms with E-state index in [-0.39, 0.29) is 0 Å². The third-order valence-corrected chi connectivity index (χ3v) is 2.72. The van der Waals surface area contributed by atoms with Gasteiger partial charge in [0, 0.05) is 12.7 Å². The van der Waals surface area contributed by atoms with Crippen molar-refractivity contribution >= 4 is 5.69 Å². The molecule has 1 aromatic carbocycles. The molecule has 2 nitrogen and oxygen atoms in total. The molecule has 14 heavy (non-hydrogen) atoms. The Bertz CT molecular complexity index is 343. The van der Waals surface area contributed by atoms with Crippen LogP contribution >= 0.6 is 0 Å². The molecule has 0 radical (unpaired) electrons. The fraction of sp³-hybridized carbons (Fsp3) is 0.333. The Morgan fingerprint density at radius 1 is 1.14 bits per heavy atom. The van der Waals surface area contributed by atoms with Gasteiger partial charge in [0.1, 0.15) is 0 Å². The molecule has 1 unspecified atom stereocenters. The molecular formula is C12H16N2. The Kier molecular flexibility index (Phi) is 2.20. The first-order chi connectivity index (χ1) is 6.70. The fourth-order valence-corrected chi connectivity index (χ4v) is 1.96. The fourth-order valence-electron chi connectivity index (χ4n) is 1.96. The zero-order valence-corrected chi connectivity index (χ0v) is 8.94. The number of anilines is 1. The number of benzene rings is 1. The van der Waals surface area contributed by atoms with Gasteiger partial charge in [0.15, 0.2) is 0 Å². The van der Waals surface area contributed by atoms with Gasteiger partial charge in [-0.05, 0) is 32.1 Å². The van der Waals surface area contributed by atoms with Gasteiger partial charge in [-0.3, -0.25) is 10.0 Å². The van der Waals surface area contributed by atoms with E-state index in [2.05, 4.69) is 61.3 Å². The van der Waals surface area contributed by atoms with Crippen molar-refractivity contribution < 1.29 is 0 Å². The molecule has 0 saturated carbocycles. The van der Waals surface area contributed by atoms with E-state index in [9.17, 15) is 0 Å². The number of hydrogen-bond donors (Lipinski definition) is 0. The summed E-state index contributed by atoms with van der Waals surface area (Å²) in [5, 5.41) is 4.48. The highest BCUT2D eigenvalue weighted by atomic mass is 15.6. The van der Waals surface area contributed by atoms with E-state index in [1.54, 1.807) is 0 Å². The lowest BCUT2D eigenvalue weighted by molar-refractivity contribution is 0.398. The molecule has 2 heteroatoms. The molecule has 0 aliphatic carbocycles. The van der Waals surface area contributed by atoms with E-state index < -0.39 is 0 Å². The molecule has 1 aliphatic rings. The maximum absolute atomic E-state index is 2.29. The third kappa shape index (κ3) is 1.37. The first-order valence-corrected chi connectivity index (χ1v) is 4.96. The zero-order valence-electron chi connectivity index (χ0n) is 8.94. The smallest absolute Gasteiger partial charge is 0.0678 e. The molecule has 74 valence electrons. The lowest BCUT2D eigenvalue weighted by Gasteiger charge is -2.32. The van der Waals surface area contributed by atoms with Crippen LogP contribution < -0.4 is 5.01 Å². The topological polar surface area (TPSA) is 6.48 Å². The third-order valence-electron chi connectivity index (χ3n) is 2.72. The van der Waals surface area contributed by atoms with E-state index in [1.165, 1.54) is 11.4 Å². The van der Waals surface area contributed by atoms with Crippen LogP contribution in [0.25, 0.3) is 0 Å². The molecule has 0 bridgehead atoms. The molecule has 1 aromatic rings. The second-order valence-corrected chi connectivity index (χ2v) is 3.75. The van der Waals surface area contributed by atoms with Crippen LogP contribution in [-0.2, 0) is 0 Å². The highest BCUT2D eigenvalue weighted by Crippen LogP contribution is 2.26. The Morgan fingerprint density at radius 3 is 2.29 bits per heavy atom. The average Bonchev–Trinajstić information content (AvgIpc) is 2.43. The van der Waals surface area contributed by atoms with Crippen LogP contribution in [0.5, 0.6) is 0 Å². The zero-order chi connectivity index (χ0) is 10.1. The molecule has 0 N–H and O–H groups in total. The molecule has 0 aromatic heterocycles. The van der Waals surface area contributed by atoms with Crippen LogP contribution in [0.3, 0.4) is 0 Å². The van der Waals surface area contributed by atoms with Crippen LogP contribution in [0.15, 0.2) is 42.1 Å². The second kappa shape index (κ2) is 3.37. The predicted molar refractivity (Wildman–Crippen MR) is 59.9 cm³/mol. The van der Waals surface area contributed by atoms with Crippen molar-refractivity contribution in [2.75, 3.05) is 12.1 Å². The number of allylic oxidation sites excluding steroid dienone is 1. The van der Waals surface area contributed by atoms with Gasteiger partial charge in [0.05, 0.1) is 11.7 Å². The number of hydrazine groups is 1. The first-order valence-electron chi connectivity index (χ1n) is 4.96. The standard InChI is InChI=1S/C12H16N2/c1-10-9-11(2)14(13(10)3)12-7-5-4-6-8-12/h4-9,11H,1-3H3. The lowest BCUT2D eigenvalue weighted by Crippen LogP contribution is -2.38. The van der Waals surface area contributed by atoms with Crippen molar-refractivity contribution in [1.82, 2.24) is 5.01 Å². The predicted octanol–water partition coefficient (Wildman–Crippen LogP) is 2.65. The first kappa shape index (κ1) is 9.13. The van der Waals surface area contributed by atoms with Gasteiger partial charge in [0.2, 0.25) is 0 Å². The monoisotopic (exact) mass is 188 g/mol. The number of nitrogens with zero attached hydrogens (tertiary/aromatic N) is 2. The normalized spacial score (nSPS) is 21.4. The molecule has 0 amide bonds. The van der Waals surface area contributed by atoms with E-state index in [0.717, 1.165) is 0 Å². The van der Waals surface area contributed by atoms with Crippen LogP contribution in [0, 0.1) is 0 Å². The maximum Gasteiger partial charge on any atom is 0.0678 e. The van der Waals surface area contributed by atoms with Gasteiger partial charge < -0.3 is 0 Å². The van der Waals surface area contributed by atoms with Crippen molar-refractivity contribution in [3.05, 3.63) is 42.1 Å². The van der Waals surface area contributed by atoms with Crippen LogP contribution in [0.4, 0.5) is 5.69 Å². The second-order valence-electron chi connectivity index (χ2n) is 3.75. The Hall–Kier alpha value is -1.44. The lowest BCUT2D eigenvalue weighted by atomic mass is 10.2. The van der Waals surface area contributed by atoms with Crippen molar-refractivity contribution in [2.24, 2.45) is 0 Å². The summed E-state index contributed by atoms with van der Waals surface area (Å²) < 4.78 is 0. The summed E-state index contributed by atoms with van der Waals surface area (Å²) in [4.78, 5) is 0. The quantitative estimate of drug-likeness (QED) is 0.668. The summed E-state index contributed by atoms with van der Waals surface area (Å²) in [6.45, 7) is 4.35. The van der Waals surface area contributed by atoms with Gasteiger partial charge in [0.25, 0.3) is 0 Å². The summed E-state index contributed by atoms with van der Waals surface area (Å²) in [7, 11) is 2.10. The van der Waals surface area contributed by atoms with Crippen LogP contribution in [0.1, 0.15) is 13.8 Å². The molecular weight excluding hydrogens is 172 g/mol. The number of rotatable bonds is 1. The van der Waals surface area contributed by atoms with Crippen molar-refractivity contribution in [1.29, 1.82) is 0 Å². The molecule has 1 aliphatic heterocycles. The molecule has 0 spiro atoms. The minimum Gasteiger partial charge on any atom is -0.293 e. The summed E-state index contributed by atoms with van der Waals surface area (Å²) in [5.41, 5.74) is 2.55. The van der Waals surface area contributed by atoms with Crippen molar-refractivity contribution in [2.45, 2.75) is 19.9 Å². The van der Waals surface area contributed by atoms with Crippen LogP contribution in [-0.4, -0.2) is 18.1 Å². The summed E-state index contributed by atoms with van der Waals surface area (Å²) in [6.07, 6.45) is 2.27. The molecule has 1 atom stereocenters. The highest BCUT2D eigenvalue weighted by Gasteiger charge is 2.23. The summed E-state index contributed by atoms with van der Waals surface area (Å²) >= 11 is 0. The Balaban J connectivity index is 2.30. The van der Waals surface area contributed by atoms with Gasteiger partial charge >= 0.3 is 0 Å². The minimum atomic E-state index is 0.447. The maximum atomic E-state index is 2.29. The van der Waals surface area contributed by atoms with Crippen LogP contribution in [0.2, 0.25) is 0 Å². The Morgan fingerprint density at radius 2 is 1.79 bits per heavy atom. The molecule has 2 rings (SSSR count). The number of para-hydroxylation sites is 1. The SMILES string of the molecule is CC1=CC(C)N(c2ccccc2)N1C. The molecule has 1 heterocycles. The minimum absolute atomic E-state index is 0.447. The van der Waals surface area contributed by atoms with Gasteiger partial charge in [-0.2, -0.15) is 0 Å². The highest BCUT2D eigenvalue weighted by molar-refractivity contribution is 5.49. The average molecular weight is 188 g/mol. The van der Waals surface area contributed by atoms with Gasteiger partial charge in [-0.25, -0.2) is 0 Å². The van der Waals surface area contributed by atoms with E-state index >= 15 is 0 Å². The van der Waals surface area contributed by atoms with Gasteiger partial charge in [-0.1, -0.05) is 18.2 Å². The summed E-state index contributed by atoms with van der Waals surface area (Å²) in [6, 6.07) is 10.9. The van der Waals surface area contributed by atoms with Crippen molar-refractivity contribution in [3.63, 3.8) is 0 Å². The molecule has 0 saturated heterocycles.